The number of aromatic hydroxyl groups is 2. The maximum absolute atomic E-state index is 11.6. The van der Waals surface area contributed by atoms with Crippen molar-refractivity contribution < 1.29 is 10.2 Å². The molecule has 0 fully saturated rings. The molecule has 0 aliphatic rings. The molecular formula is C57H34B3N5O2. The van der Waals surface area contributed by atoms with E-state index in [0.29, 0.717) is 23.2 Å². The van der Waals surface area contributed by atoms with Crippen LogP contribution >= 0.6 is 0 Å². The molecule has 0 saturated carbocycles. The minimum absolute atomic E-state index is 0.0132. The van der Waals surface area contributed by atoms with Crippen LogP contribution in [0.3, 0.4) is 0 Å². The molecule has 12 rings (SSSR count). The molecule has 3 heterocycles. The van der Waals surface area contributed by atoms with Gasteiger partial charge in [-0.05, 0) is 69.7 Å². The number of phenolic OH excluding ortho intramolecular Hbond substituents is 2. The maximum atomic E-state index is 11.6. The van der Waals surface area contributed by atoms with Crippen molar-refractivity contribution in [3.8, 4) is 79.3 Å². The van der Waals surface area contributed by atoms with Crippen LogP contribution in [0.15, 0.2) is 194 Å². The van der Waals surface area contributed by atoms with Gasteiger partial charge >= 0.3 is 0 Å². The molecule has 3 aromatic heterocycles. The van der Waals surface area contributed by atoms with Crippen molar-refractivity contribution in [2.24, 2.45) is 0 Å². The quantitative estimate of drug-likeness (QED) is 0.156. The Morgan fingerprint density at radius 3 is 1.46 bits per heavy atom. The lowest BCUT2D eigenvalue weighted by molar-refractivity contribution is 0.463. The highest BCUT2D eigenvalue weighted by atomic mass is 16.3. The summed E-state index contributed by atoms with van der Waals surface area (Å²) in [6.45, 7) is 0. The molecule has 0 aliphatic carbocycles. The molecule has 9 aromatic carbocycles. The third-order valence-electron chi connectivity index (χ3n) is 12.7. The normalized spacial score (nSPS) is 11.6. The van der Waals surface area contributed by atoms with Gasteiger partial charge in [0, 0.05) is 43.9 Å². The summed E-state index contributed by atoms with van der Waals surface area (Å²) >= 11 is 0. The SMILES string of the molecule is [B]c1c([B])c(-c2cc(-c3ccccc3)cc(-n3c4ccccc4c4ccc5c6ccccc6n(-c6nc(-c7ccccc7)nc(-c7cccc(-c8ccccc8)c7)n6)c5c43)c2)c(O)c([B])c1O. The summed E-state index contributed by atoms with van der Waals surface area (Å²) in [5.41, 5.74) is 10.5. The van der Waals surface area contributed by atoms with Crippen molar-refractivity contribution in [2.45, 2.75) is 0 Å². The minimum atomic E-state index is -0.461. The number of aromatic nitrogens is 5. The van der Waals surface area contributed by atoms with Gasteiger partial charge in [0.1, 0.15) is 35.0 Å². The summed E-state index contributed by atoms with van der Waals surface area (Å²) in [7, 11) is 19.2. The largest absolute Gasteiger partial charge is 0.509 e. The van der Waals surface area contributed by atoms with Gasteiger partial charge < -0.3 is 14.8 Å². The van der Waals surface area contributed by atoms with Crippen molar-refractivity contribution in [3.63, 3.8) is 0 Å². The third-order valence-corrected chi connectivity index (χ3v) is 12.7. The lowest BCUT2D eigenvalue weighted by Gasteiger charge is -2.20. The van der Waals surface area contributed by atoms with E-state index in [1.807, 2.05) is 121 Å². The first-order valence-electron chi connectivity index (χ1n) is 21.8. The predicted octanol–water partition coefficient (Wildman–Crippen LogP) is 10.2. The van der Waals surface area contributed by atoms with Crippen molar-refractivity contribution in [1.29, 1.82) is 0 Å². The van der Waals surface area contributed by atoms with Crippen LogP contribution in [-0.2, 0) is 0 Å². The highest BCUT2D eigenvalue weighted by Gasteiger charge is 2.25. The van der Waals surface area contributed by atoms with E-state index < -0.39 is 5.75 Å². The van der Waals surface area contributed by atoms with Crippen LogP contribution < -0.4 is 16.4 Å². The van der Waals surface area contributed by atoms with Crippen LogP contribution in [-0.4, -0.2) is 57.8 Å². The molecule has 0 saturated heterocycles. The summed E-state index contributed by atoms with van der Waals surface area (Å²) in [6.07, 6.45) is 0. The molecule has 0 amide bonds. The van der Waals surface area contributed by atoms with E-state index >= 15 is 0 Å². The van der Waals surface area contributed by atoms with Gasteiger partial charge in [0.25, 0.3) is 0 Å². The fourth-order valence-electron chi connectivity index (χ4n) is 9.51. The molecule has 0 spiro atoms. The Kier molecular flexibility index (Phi) is 9.43. The van der Waals surface area contributed by atoms with Crippen molar-refractivity contribution in [1.82, 2.24) is 24.1 Å². The van der Waals surface area contributed by atoms with Crippen LogP contribution in [0.5, 0.6) is 11.5 Å². The number of fused-ring (bicyclic) bond motifs is 7. The first-order chi connectivity index (χ1) is 32.8. The lowest BCUT2D eigenvalue weighted by Crippen LogP contribution is -2.32. The molecule has 7 nitrogen and oxygen atoms in total. The lowest BCUT2D eigenvalue weighted by atomic mass is 9.71. The summed E-state index contributed by atoms with van der Waals surface area (Å²) in [5.74, 6) is 0.701. The fourth-order valence-corrected chi connectivity index (χ4v) is 9.51. The number of benzene rings is 9. The zero-order chi connectivity index (χ0) is 45.3. The number of rotatable bonds is 7. The van der Waals surface area contributed by atoms with Gasteiger partial charge in [-0.3, -0.25) is 4.57 Å². The van der Waals surface area contributed by atoms with Crippen molar-refractivity contribution >= 4 is 83.5 Å². The van der Waals surface area contributed by atoms with Crippen molar-refractivity contribution in [2.75, 3.05) is 0 Å². The minimum Gasteiger partial charge on any atom is -0.509 e. The van der Waals surface area contributed by atoms with E-state index in [1.54, 1.807) is 0 Å². The van der Waals surface area contributed by atoms with Crippen LogP contribution in [0, 0.1) is 0 Å². The standard InChI is InChI=1S/C57H34B3N5O2/c58-48-47(53(66)50(60)54(67)49(48)59)39-30-38(34-17-6-2-7-18-34)31-40(32-39)64-45-25-12-10-23-41(45)43-27-28-44-42-24-11-13-26-46(42)65(52(44)51(43)64)57-62-55(35-19-8-3-9-20-35)61-56(63-57)37-22-14-21-36(29-37)33-15-4-1-5-16-33/h1-32,66-67H. The number of hydrogen-bond donors (Lipinski definition) is 2. The molecule has 0 aliphatic heterocycles. The smallest absolute Gasteiger partial charge is 0.238 e. The second-order valence-corrected chi connectivity index (χ2v) is 16.6. The number of hydrogen-bond acceptors (Lipinski definition) is 5. The molecule has 6 radical (unpaired) electrons. The fraction of sp³-hybridized carbons (Fsp3) is 0. The number of para-hydroxylation sites is 2. The van der Waals surface area contributed by atoms with Gasteiger partial charge in [-0.15, -0.1) is 0 Å². The zero-order valence-electron chi connectivity index (χ0n) is 35.8. The molecule has 12 aromatic rings. The highest BCUT2D eigenvalue weighted by Crippen LogP contribution is 2.43. The van der Waals surface area contributed by atoms with Crippen LogP contribution in [0.4, 0.5) is 0 Å². The Labute approximate surface area is 389 Å². The third kappa shape index (κ3) is 6.51. The van der Waals surface area contributed by atoms with Gasteiger partial charge in [0.2, 0.25) is 5.95 Å². The first kappa shape index (κ1) is 39.9. The Morgan fingerprint density at radius 2 is 0.821 bits per heavy atom. The topological polar surface area (TPSA) is 89.0 Å². The first-order valence-corrected chi connectivity index (χ1v) is 21.8. The molecule has 10 heteroatoms. The van der Waals surface area contributed by atoms with Gasteiger partial charge in [-0.2, -0.15) is 9.97 Å². The maximum Gasteiger partial charge on any atom is 0.238 e. The molecule has 0 bridgehead atoms. The molecule has 0 unspecified atom stereocenters. The van der Waals surface area contributed by atoms with E-state index in [1.165, 1.54) is 0 Å². The molecule has 2 N–H and O–H groups in total. The van der Waals surface area contributed by atoms with E-state index in [0.717, 1.165) is 82.7 Å². The summed E-state index contributed by atoms with van der Waals surface area (Å²) in [6, 6.07) is 65.7. The summed E-state index contributed by atoms with van der Waals surface area (Å²) in [5, 5.41) is 26.4. The van der Waals surface area contributed by atoms with E-state index in [9.17, 15) is 10.2 Å². The van der Waals surface area contributed by atoms with E-state index in [-0.39, 0.29) is 27.7 Å². The van der Waals surface area contributed by atoms with Gasteiger partial charge in [0.05, 0.1) is 22.1 Å². The number of phenols is 2. The second-order valence-electron chi connectivity index (χ2n) is 16.6. The van der Waals surface area contributed by atoms with Gasteiger partial charge in [-0.1, -0.05) is 169 Å². The highest BCUT2D eigenvalue weighted by molar-refractivity contribution is 6.55. The van der Waals surface area contributed by atoms with Gasteiger partial charge in [-0.25, -0.2) is 4.98 Å². The van der Waals surface area contributed by atoms with Gasteiger partial charge in [0.15, 0.2) is 11.6 Å². The van der Waals surface area contributed by atoms with E-state index in [4.69, 9.17) is 38.5 Å². The average molecular weight is 853 g/mol. The summed E-state index contributed by atoms with van der Waals surface area (Å²) in [4.78, 5) is 15.8. The van der Waals surface area contributed by atoms with Crippen LogP contribution in [0.1, 0.15) is 0 Å². The van der Waals surface area contributed by atoms with E-state index in [2.05, 4.69) is 81.9 Å². The number of nitrogens with zero attached hydrogens (tertiary/aromatic N) is 5. The Morgan fingerprint density at radius 1 is 0.343 bits per heavy atom. The molecule has 0 atom stereocenters. The Hall–Kier alpha value is -8.62. The average Bonchev–Trinajstić information content (AvgIpc) is 3.91. The predicted molar refractivity (Wildman–Crippen MR) is 275 cm³/mol. The Balaban J connectivity index is 1.20. The molecule has 308 valence electrons. The molecule has 67 heavy (non-hydrogen) atoms. The summed E-state index contributed by atoms with van der Waals surface area (Å²) < 4.78 is 4.41. The van der Waals surface area contributed by atoms with Crippen molar-refractivity contribution in [3.05, 3.63) is 194 Å². The Bertz CT molecular complexity index is 3900. The zero-order valence-corrected chi connectivity index (χ0v) is 35.8. The molecular weight excluding hydrogens is 819 g/mol. The monoisotopic (exact) mass is 853 g/mol. The second kappa shape index (κ2) is 15.8. The van der Waals surface area contributed by atoms with Crippen LogP contribution in [0.2, 0.25) is 0 Å². The van der Waals surface area contributed by atoms with Crippen LogP contribution in [0.25, 0.3) is 111 Å².